The maximum absolute atomic E-state index is 13.3. The fourth-order valence-corrected chi connectivity index (χ4v) is 4.59. The highest BCUT2D eigenvalue weighted by Gasteiger charge is 2.29. The lowest BCUT2D eigenvalue weighted by Gasteiger charge is -2.30. The Morgan fingerprint density at radius 3 is 2.50 bits per heavy atom. The summed E-state index contributed by atoms with van der Waals surface area (Å²) >= 11 is 0. The average Bonchev–Trinajstić information content (AvgIpc) is 3.10. The Labute approximate surface area is 158 Å². The number of ether oxygens (including phenoxy) is 3. The molecule has 152 valence electrons. The van der Waals surface area contributed by atoms with Crippen molar-refractivity contribution in [1.82, 2.24) is 5.32 Å². The van der Waals surface area contributed by atoms with Gasteiger partial charge in [0, 0.05) is 19.2 Å². The van der Waals surface area contributed by atoms with Gasteiger partial charge in [-0.05, 0) is 63.2 Å². The summed E-state index contributed by atoms with van der Waals surface area (Å²) in [6.45, 7) is 7.37. The summed E-state index contributed by atoms with van der Waals surface area (Å²) in [5.74, 6) is 2.19. The molecule has 2 aliphatic carbocycles. The van der Waals surface area contributed by atoms with E-state index < -0.39 is 6.17 Å². The van der Waals surface area contributed by atoms with Gasteiger partial charge < -0.3 is 19.5 Å². The predicted molar refractivity (Wildman–Crippen MR) is 101 cm³/mol. The number of hydrogen-bond acceptors (Lipinski definition) is 4. The van der Waals surface area contributed by atoms with E-state index in [2.05, 4.69) is 19.2 Å². The molecule has 0 aromatic carbocycles. The van der Waals surface area contributed by atoms with E-state index in [9.17, 15) is 4.39 Å². The lowest BCUT2D eigenvalue weighted by Crippen LogP contribution is -2.40. The molecule has 5 heteroatoms. The van der Waals surface area contributed by atoms with Crippen LogP contribution < -0.4 is 5.32 Å². The Kier molecular flexibility index (Phi) is 8.16. The smallest absolute Gasteiger partial charge is 0.170 e. The number of halogens is 1. The molecule has 2 saturated carbocycles. The minimum atomic E-state index is -0.585. The minimum Gasteiger partial charge on any atom is -0.378 e. The molecule has 3 aliphatic rings. The Bertz CT molecular complexity index is 395. The highest BCUT2D eigenvalue weighted by atomic mass is 19.1. The molecule has 4 nitrogen and oxygen atoms in total. The molecule has 1 heterocycles. The fourth-order valence-electron chi connectivity index (χ4n) is 4.59. The first-order valence-electron chi connectivity index (χ1n) is 10.8. The lowest BCUT2D eigenvalue weighted by atomic mass is 9.83. The van der Waals surface area contributed by atoms with Crippen molar-refractivity contribution in [1.29, 1.82) is 0 Å². The molecule has 2 unspecified atom stereocenters. The molecule has 1 saturated heterocycles. The van der Waals surface area contributed by atoms with Gasteiger partial charge in [0.2, 0.25) is 0 Å². The van der Waals surface area contributed by atoms with Crippen molar-refractivity contribution in [2.75, 3.05) is 26.4 Å². The fraction of sp³-hybridized carbons (Fsp3) is 1.00. The zero-order valence-corrected chi connectivity index (χ0v) is 16.6. The second-order valence-electron chi connectivity index (χ2n) is 8.89. The zero-order chi connectivity index (χ0) is 18.4. The molecule has 0 aromatic rings. The van der Waals surface area contributed by atoms with Crippen LogP contribution in [0.1, 0.15) is 65.2 Å². The van der Waals surface area contributed by atoms with Crippen LogP contribution in [0.25, 0.3) is 0 Å². The van der Waals surface area contributed by atoms with E-state index in [1.165, 1.54) is 25.7 Å². The maximum atomic E-state index is 13.3. The van der Waals surface area contributed by atoms with Gasteiger partial charge in [-0.3, -0.25) is 0 Å². The first-order valence-corrected chi connectivity index (χ1v) is 10.8. The van der Waals surface area contributed by atoms with Crippen LogP contribution in [0.3, 0.4) is 0 Å². The summed E-state index contributed by atoms with van der Waals surface area (Å²) in [7, 11) is 0. The topological polar surface area (TPSA) is 39.7 Å². The molecular weight excluding hydrogens is 333 g/mol. The van der Waals surface area contributed by atoms with Gasteiger partial charge in [0.15, 0.2) is 6.29 Å². The van der Waals surface area contributed by atoms with Crippen molar-refractivity contribution in [3.63, 3.8) is 0 Å². The summed E-state index contributed by atoms with van der Waals surface area (Å²) in [6.07, 6.45) is 7.98. The van der Waals surface area contributed by atoms with Crippen LogP contribution >= 0.6 is 0 Å². The number of hydrogen-bond donors (Lipinski definition) is 1. The molecule has 1 N–H and O–H groups in total. The van der Waals surface area contributed by atoms with Gasteiger partial charge in [-0.15, -0.1) is 0 Å². The van der Waals surface area contributed by atoms with Crippen LogP contribution in [-0.4, -0.2) is 51.0 Å². The molecule has 3 atom stereocenters. The molecule has 0 aromatic heterocycles. The van der Waals surface area contributed by atoms with Crippen molar-refractivity contribution in [3.05, 3.63) is 0 Å². The molecule has 0 spiro atoms. The summed E-state index contributed by atoms with van der Waals surface area (Å²) in [4.78, 5) is 0. The van der Waals surface area contributed by atoms with E-state index in [0.29, 0.717) is 44.6 Å². The molecule has 0 amide bonds. The van der Waals surface area contributed by atoms with E-state index >= 15 is 0 Å². The van der Waals surface area contributed by atoms with Gasteiger partial charge in [0.25, 0.3) is 0 Å². The Morgan fingerprint density at radius 2 is 1.77 bits per heavy atom. The summed E-state index contributed by atoms with van der Waals surface area (Å²) in [5.41, 5.74) is 0. The molecule has 0 radical (unpaired) electrons. The number of alkyl halides is 1. The summed E-state index contributed by atoms with van der Waals surface area (Å²) < 4.78 is 30.9. The van der Waals surface area contributed by atoms with E-state index in [-0.39, 0.29) is 12.4 Å². The van der Waals surface area contributed by atoms with Crippen molar-refractivity contribution in [2.45, 2.75) is 89.8 Å². The number of nitrogens with one attached hydrogen (secondary N) is 1. The average molecular weight is 372 g/mol. The largest absolute Gasteiger partial charge is 0.378 e. The summed E-state index contributed by atoms with van der Waals surface area (Å²) in [5, 5.41) is 3.53. The monoisotopic (exact) mass is 371 g/mol. The Balaban J connectivity index is 1.24. The normalized spacial score (nSPS) is 39.8. The third kappa shape index (κ3) is 6.43. The molecular formula is C21H38FNO3. The van der Waals surface area contributed by atoms with Crippen LogP contribution in [-0.2, 0) is 14.2 Å². The van der Waals surface area contributed by atoms with Crippen molar-refractivity contribution in [2.24, 2.45) is 17.8 Å². The number of rotatable bonds is 8. The SMILES string of the molecule is CC1CCC(COCC2COC(CN[C@H](C)C3CCC(F)CC3)O2)CC1. The minimum absolute atomic E-state index is 0.0570. The van der Waals surface area contributed by atoms with Gasteiger partial charge in [0.1, 0.15) is 12.3 Å². The van der Waals surface area contributed by atoms with E-state index in [1.807, 2.05) is 0 Å². The molecule has 1 aliphatic heterocycles. The van der Waals surface area contributed by atoms with Crippen LogP contribution in [0.15, 0.2) is 0 Å². The molecule has 26 heavy (non-hydrogen) atoms. The van der Waals surface area contributed by atoms with E-state index in [0.717, 1.165) is 31.3 Å². The molecule has 0 bridgehead atoms. The highest BCUT2D eigenvalue weighted by molar-refractivity contribution is 4.80. The highest BCUT2D eigenvalue weighted by Crippen LogP contribution is 2.29. The second-order valence-corrected chi connectivity index (χ2v) is 8.89. The van der Waals surface area contributed by atoms with Crippen LogP contribution in [0.4, 0.5) is 4.39 Å². The van der Waals surface area contributed by atoms with Gasteiger partial charge in [0.05, 0.1) is 13.2 Å². The third-order valence-electron chi connectivity index (χ3n) is 6.62. The Hall–Kier alpha value is -0.230. The summed E-state index contributed by atoms with van der Waals surface area (Å²) in [6, 6.07) is 0.388. The van der Waals surface area contributed by atoms with Crippen molar-refractivity contribution in [3.8, 4) is 0 Å². The maximum Gasteiger partial charge on any atom is 0.170 e. The lowest BCUT2D eigenvalue weighted by molar-refractivity contribution is -0.0731. The van der Waals surface area contributed by atoms with Gasteiger partial charge >= 0.3 is 0 Å². The first-order chi connectivity index (χ1) is 12.6. The standard InChI is InChI=1S/C21H38FNO3/c1-15-3-5-17(6-4-15)12-24-13-20-14-25-21(26-20)11-23-16(2)18-7-9-19(22)10-8-18/h15-21,23H,3-14H2,1-2H3/t15?,16-,17?,18?,19?,20?,21?/m1/s1. The van der Waals surface area contributed by atoms with Crippen LogP contribution in [0.2, 0.25) is 0 Å². The van der Waals surface area contributed by atoms with Gasteiger partial charge in [-0.1, -0.05) is 19.8 Å². The van der Waals surface area contributed by atoms with E-state index in [1.54, 1.807) is 0 Å². The van der Waals surface area contributed by atoms with Gasteiger partial charge in [-0.25, -0.2) is 4.39 Å². The predicted octanol–water partition coefficient (Wildman–Crippen LogP) is 4.08. The molecule has 3 fully saturated rings. The van der Waals surface area contributed by atoms with E-state index in [4.69, 9.17) is 14.2 Å². The van der Waals surface area contributed by atoms with Crippen LogP contribution in [0, 0.1) is 17.8 Å². The third-order valence-corrected chi connectivity index (χ3v) is 6.62. The molecule has 3 rings (SSSR count). The van der Waals surface area contributed by atoms with Crippen molar-refractivity contribution >= 4 is 0 Å². The van der Waals surface area contributed by atoms with Gasteiger partial charge in [-0.2, -0.15) is 0 Å². The van der Waals surface area contributed by atoms with Crippen LogP contribution in [0.5, 0.6) is 0 Å². The zero-order valence-electron chi connectivity index (χ0n) is 16.6. The second kappa shape index (κ2) is 10.4. The van der Waals surface area contributed by atoms with Crippen molar-refractivity contribution < 1.29 is 18.6 Å². The Morgan fingerprint density at radius 1 is 1.04 bits per heavy atom. The quantitative estimate of drug-likeness (QED) is 0.698. The first kappa shape index (κ1) is 20.5.